The normalized spacial score (nSPS) is 10.3. The molecule has 0 aliphatic rings. The Balaban J connectivity index is 1.90. The average molecular weight is 354 g/mol. The van der Waals surface area contributed by atoms with Gasteiger partial charge in [0, 0.05) is 24.7 Å². The third-order valence-electron chi connectivity index (χ3n) is 3.37. The number of hydrogen-bond acceptors (Lipinski definition) is 4. The quantitative estimate of drug-likeness (QED) is 0.747. The van der Waals surface area contributed by atoms with Crippen LogP contribution in [0.5, 0.6) is 11.5 Å². The smallest absolute Gasteiger partial charge is 0.226 e. The third-order valence-corrected chi connectivity index (χ3v) is 3.37. The molecule has 0 unspecified atom stereocenters. The fraction of sp³-hybridized carbons (Fsp3) is 0.235. The molecule has 0 fully saturated rings. The van der Waals surface area contributed by atoms with Gasteiger partial charge in [-0.05, 0) is 24.3 Å². The van der Waals surface area contributed by atoms with Crippen LogP contribution in [0, 0.1) is 17.5 Å². The second-order valence-electron chi connectivity index (χ2n) is 5.02. The van der Waals surface area contributed by atoms with Gasteiger partial charge in [-0.15, -0.1) is 0 Å². The molecule has 0 aliphatic heterocycles. The molecule has 2 aromatic carbocycles. The maximum Gasteiger partial charge on any atom is 0.226 e. The minimum atomic E-state index is -1.56. The number of hydrogen-bond donors (Lipinski definition) is 2. The van der Waals surface area contributed by atoms with Crippen LogP contribution < -0.4 is 20.1 Å². The highest BCUT2D eigenvalue weighted by Gasteiger charge is 2.13. The Hall–Kier alpha value is -2.90. The maximum absolute atomic E-state index is 13.5. The first-order chi connectivity index (χ1) is 12.0. The summed E-state index contributed by atoms with van der Waals surface area (Å²) < 4.78 is 49.7. The lowest BCUT2D eigenvalue weighted by molar-refractivity contribution is -0.115. The Morgan fingerprint density at radius 1 is 1.00 bits per heavy atom. The van der Waals surface area contributed by atoms with Crippen LogP contribution in [-0.2, 0) is 4.79 Å². The molecule has 8 heteroatoms. The van der Waals surface area contributed by atoms with E-state index in [2.05, 4.69) is 10.6 Å². The van der Waals surface area contributed by atoms with Gasteiger partial charge in [-0.2, -0.15) is 0 Å². The molecule has 134 valence electrons. The highest BCUT2D eigenvalue weighted by atomic mass is 19.2. The van der Waals surface area contributed by atoms with Gasteiger partial charge in [0.25, 0.3) is 0 Å². The topological polar surface area (TPSA) is 59.6 Å². The summed E-state index contributed by atoms with van der Waals surface area (Å²) in [6, 6.07) is 6.76. The van der Waals surface area contributed by atoms with Gasteiger partial charge in [-0.3, -0.25) is 4.79 Å². The molecule has 0 aliphatic carbocycles. The standard InChI is InChI=1S/C17H17F3N2O3/c1-24-13-6-3-10(9-14(13)25-2)22-15(23)7-8-21-12-5-4-11(18)16(19)17(12)20/h3-6,9,21H,7-8H2,1-2H3,(H,22,23). The third kappa shape index (κ3) is 4.56. The molecule has 1 amide bonds. The first kappa shape index (κ1) is 18.4. The molecule has 2 aromatic rings. The number of rotatable bonds is 7. The number of benzene rings is 2. The van der Waals surface area contributed by atoms with Crippen molar-refractivity contribution >= 4 is 17.3 Å². The predicted octanol–water partition coefficient (Wildman–Crippen LogP) is 3.56. The first-order valence-electron chi connectivity index (χ1n) is 7.35. The van der Waals surface area contributed by atoms with E-state index in [1.165, 1.54) is 14.2 Å². The number of halogens is 3. The molecule has 0 heterocycles. The number of nitrogens with one attached hydrogen (secondary N) is 2. The SMILES string of the molecule is COc1ccc(NC(=O)CCNc2ccc(F)c(F)c2F)cc1OC. The van der Waals surface area contributed by atoms with Crippen molar-refractivity contribution in [1.29, 1.82) is 0 Å². The Bertz CT molecular complexity index is 769. The van der Waals surface area contributed by atoms with Crippen molar-refractivity contribution in [3.05, 3.63) is 47.8 Å². The molecule has 0 bridgehead atoms. The largest absolute Gasteiger partial charge is 0.493 e. The zero-order valence-corrected chi connectivity index (χ0v) is 13.7. The lowest BCUT2D eigenvalue weighted by atomic mass is 10.2. The highest BCUT2D eigenvalue weighted by Crippen LogP contribution is 2.29. The predicted molar refractivity (Wildman–Crippen MR) is 87.6 cm³/mol. The Labute approximate surface area is 142 Å². The number of ether oxygens (including phenoxy) is 2. The van der Waals surface area contributed by atoms with E-state index in [9.17, 15) is 18.0 Å². The molecule has 0 saturated carbocycles. The molecule has 2 rings (SSSR count). The van der Waals surface area contributed by atoms with E-state index >= 15 is 0 Å². The summed E-state index contributed by atoms with van der Waals surface area (Å²) in [5.41, 5.74) is 0.291. The number of methoxy groups -OCH3 is 2. The minimum Gasteiger partial charge on any atom is -0.493 e. The molecule has 0 radical (unpaired) electrons. The van der Waals surface area contributed by atoms with Crippen molar-refractivity contribution in [2.75, 3.05) is 31.4 Å². The van der Waals surface area contributed by atoms with E-state index in [-0.39, 0.29) is 24.6 Å². The van der Waals surface area contributed by atoms with E-state index in [1.54, 1.807) is 18.2 Å². The summed E-state index contributed by atoms with van der Waals surface area (Å²) in [6.07, 6.45) is -0.00716. The van der Waals surface area contributed by atoms with Gasteiger partial charge >= 0.3 is 0 Å². The van der Waals surface area contributed by atoms with Gasteiger partial charge in [0.1, 0.15) is 0 Å². The minimum absolute atomic E-state index is 0.00716. The number of carbonyl (C=O) groups excluding carboxylic acids is 1. The van der Waals surface area contributed by atoms with Crippen molar-refractivity contribution < 1.29 is 27.4 Å². The van der Waals surface area contributed by atoms with Gasteiger partial charge in [-0.1, -0.05) is 0 Å². The molecule has 0 spiro atoms. The number of amides is 1. The molecule has 25 heavy (non-hydrogen) atoms. The molecule has 0 aromatic heterocycles. The fourth-order valence-corrected chi connectivity index (χ4v) is 2.11. The molecular formula is C17H17F3N2O3. The van der Waals surface area contributed by atoms with Crippen LogP contribution >= 0.6 is 0 Å². The van der Waals surface area contributed by atoms with Crippen molar-refractivity contribution in [3.8, 4) is 11.5 Å². The van der Waals surface area contributed by atoms with E-state index in [0.717, 1.165) is 12.1 Å². The van der Waals surface area contributed by atoms with Crippen LogP contribution in [0.4, 0.5) is 24.5 Å². The van der Waals surface area contributed by atoms with Crippen LogP contribution in [-0.4, -0.2) is 26.7 Å². The van der Waals surface area contributed by atoms with Crippen LogP contribution in [0.3, 0.4) is 0 Å². The van der Waals surface area contributed by atoms with Crippen molar-refractivity contribution in [2.45, 2.75) is 6.42 Å². The van der Waals surface area contributed by atoms with Crippen LogP contribution in [0.1, 0.15) is 6.42 Å². The van der Waals surface area contributed by atoms with Crippen molar-refractivity contribution in [2.24, 2.45) is 0 Å². The second-order valence-corrected chi connectivity index (χ2v) is 5.02. The Morgan fingerprint density at radius 3 is 2.40 bits per heavy atom. The maximum atomic E-state index is 13.5. The summed E-state index contributed by atoms with van der Waals surface area (Å²) in [4.78, 5) is 11.9. The molecule has 0 atom stereocenters. The summed E-state index contributed by atoms with van der Waals surface area (Å²) >= 11 is 0. The molecular weight excluding hydrogens is 337 g/mol. The van der Waals surface area contributed by atoms with E-state index in [0.29, 0.717) is 17.2 Å². The van der Waals surface area contributed by atoms with E-state index < -0.39 is 17.5 Å². The monoisotopic (exact) mass is 354 g/mol. The van der Waals surface area contributed by atoms with Crippen LogP contribution in [0.2, 0.25) is 0 Å². The van der Waals surface area contributed by atoms with Crippen LogP contribution in [0.15, 0.2) is 30.3 Å². The Kier molecular flexibility index (Phi) is 6.10. The van der Waals surface area contributed by atoms with Gasteiger partial charge in [0.15, 0.2) is 29.0 Å². The number of anilines is 2. The summed E-state index contributed by atoms with van der Waals surface area (Å²) in [5.74, 6) is -3.50. The van der Waals surface area contributed by atoms with Gasteiger partial charge in [-0.25, -0.2) is 13.2 Å². The van der Waals surface area contributed by atoms with Gasteiger partial charge in [0.05, 0.1) is 19.9 Å². The summed E-state index contributed by atoms with van der Waals surface area (Å²) in [5, 5.41) is 5.20. The fourth-order valence-electron chi connectivity index (χ4n) is 2.11. The molecule has 0 saturated heterocycles. The van der Waals surface area contributed by atoms with E-state index in [1.807, 2.05) is 0 Å². The zero-order chi connectivity index (χ0) is 18.4. The van der Waals surface area contributed by atoms with Crippen molar-refractivity contribution in [1.82, 2.24) is 0 Å². The van der Waals surface area contributed by atoms with Gasteiger partial charge in [0.2, 0.25) is 5.91 Å². The van der Waals surface area contributed by atoms with Crippen molar-refractivity contribution in [3.63, 3.8) is 0 Å². The Morgan fingerprint density at radius 2 is 1.72 bits per heavy atom. The first-order valence-corrected chi connectivity index (χ1v) is 7.35. The average Bonchev–Trinajstić information content (AvgIpc) is 2.61. The second kappa shape index (κ2) is 8.27. The zero-order valence-electron chi connectivity index (χ0n) is 13.7. The summed E-state index contributed by atoms with van der Waals surface area (Å²) in [6.45, 7) is 0.0428. The summed E-state index contributed by atoms with van der Waals surface area (Å²) in [7, 11) is 2.98. The highest BCUT2D eigenvalue weighted by molar-refractivity contribution is 5.91. The van der Waals surface area contributed by atoms with E-state index in [4.69, 9.17) is 9.47 Å². The lowest BCUT2D eigenvalue weighted by Gasteiger charge is -2.11. The molecule has 5 nitrogen and oxygen atoms in total. The number of carbonyl (C=O) groups is 1. The van der Waals surface area contributed by atoms with Gasteiger partial charge < -0.3 is 20.1 Å². The molecule has 2 N–H and O–H groups in total. The van der Waals surface area contributed by atoms with Crippen LogP contribution in [0.25, 0.3) is 0 Å². The lowest BCUT2D eigenvalue weighted by Crippen LogP contribution is -2.17.